The van der Waals surface area contributed by atoms with E-state index in [9.17, 15) is 4.39 Å². The fourth-order valence-electron chi connectivity index (χ4n) is 2.56. The van der Waals surface area contributed by atoms with Gasteiger partial charge in [0.25, 0.3) is 0 Å². The van der Waals surface area contributed by atoms with Crippen LogP contribution in [0.3, 0.4) is 0 Å². The highest BCUT2D eigenvalue weighted by molar-refractivity contribution is 5.64. The van der Waals surface area contributed by atoms with E-state index in [4.69, 9.17) is 0 Å². The molecular formula is C16H19FN4. The van der Waals surface area contributed by atoms with Gasteiger partial charge in [0.2, 0.25) is 0 Å². The number of benzene rings is 1. The summed E-state index contributed by atoms with van der Waals surface area (Å²) in [6, 6.07) is 6.52. The summed E-state index contributed by atoms with van der Waals surface area (Å²) in [6.45, 7) is 5.31. The smallest absolute Gasteiger partial charge is 0.143 e. The van der Waals surface area contributed by atoms with E-state index in [2.05, 4.69) is 27.5 Å². The molecule has 1 aromatic heterocycles. The van der Waals surface area contributed by atoms with Crippen molar-refractivity contribution in [3.8, 4) is 11.3 Å². The summed E-state index contributed by atoms with van der Waals surface area (Å²) in [5, 5.41) is 6.61. The molecule has 0 saturated carbocycles. The number of hydrogen-bond donors (Lipinski definition) is 2. The first kappa shape index (κ1) is 14.1. The molecule has 1 aliphatic rings. The van der Waals surface area contributed by atoms with Crippen LogP contribution in [0.25, 0.3) is 11.3 Å². The Kier molecular flexibility index (Phi) is 4.22. The summed E-state index contributed by atoms with van der Waals surface area (Å²) in [5.41, 5.74) is 4.10. The van der Waals surface area contributed by atoms with Gasteiger partial charge in [0.15, 0.2) is 0 Å². The Labute approximate surface area is 123 Å². The number of nitrogens with zero attached hydrogens (tertiary/aromatic N) is 2. The lowest BCUT2D eigenvalue weighted by Gasteiger charge is -2.20. The van der Waals surface area contributed by atoms with E-state index in [1.165, 1.54) is 12.1 Å². The first-order valence-corrected chi connectivity index (χ1v) is 7.34. The second-order valence-electron chi connectivity index (χ2n) is 5.13. The molecule has 0 saturated heterocycles. The van der Waals surface area contributed by atoms with Crippen LogP contribution in [0.2, 0.25) is 0 Å². The van der Waals surface area contributed by atoms with E-state index in [0.29, 0.717) is 6.54 Å². The Morgan fingerprint density at radius 1 is 1.24 bits per heavy atom. The molecule has 3 rings (SSSR count). The molecule has 0 aliphatic carbocycles. The quantitative estimate of drug-likeness (QED) is 0.903. The number of aromatic nitrogens is 2. The average molecular weight is 286 g/mol. The van der Waals surface area contributed by atoms with Crippen molar-refractivity contribution in [2.75, 3.05) is 13.1 Å². The number of fused-ring (bicyclic) bond motifs is 1. The normalized spacial score (nSPS) is 14.0. The first-order valence-electron chi connectivity index (χ1n) is 7.34. The van der Waals surface area contributed by atoms with Crippen LogP contribution in [-0.4, -0.2) is 23.1 Å². The lowest BCUT2D eigenvalue weighted by molar-refractivity contribution is 0.612. The van der Waals surface area contributed by atoms with Crippen molar-refractivity contribution in [3.63, 3.8) is 0 Å². The summed E-state index contributed by atoms with van der Waals surface area (Å²) in [6.07, 6.45) is 0.908. The number of hydrogen-bond acceptors (Lipinski definition) is 4. The van der Waals surface area contributed by atoms with E-state index in [0.717, 1.165) is 54.4 Å². The van der Waals surface area contributed by atoms with Gasteiger partial charge in [-0.2, -0.15) is 0 Å². The Bertz CT molecular complexity index is 625. The van der Waals surface area contributed by atoms with Crippen molar-refractivity contribution in [2.45, 2.75) is 26.4 Å². The first-order chi connectivity index (χ1) is 10.3. The Hall–Kier alpha value is -1.85. The molecule has 0 unspecified atom stereocenters. The number of nitrogens with one attached hydrogen (secondary N) is 2. The van der Waals surface area contributed by atoms with E-state index in [1.807, 2.05) is 0 Å². The topological polar surface area (TPSA) is 49.8 Å². The summed E-state index contributed by atoms with van der Waals surface area (Å²) in [4.78, 5) is 9.35. The van der Waals surface area contributed by atoms with Gasteiger partial charge < -0.3 is 10.6 Å². The van der Waals surface area contributed by atoms with Gasteiger partial charge in [-0.25, -0.2) is 14.4 Å². The molecule has 2 aromatic rings. The van der Waals surface area contributed by atoms with Crippen molar-refractivity contribution in [1.29, 1.82) is 0 Å². The predicted octanol–water partition coefficient (Wildman–Crippen LogP) is 2.04. The summed E-state index contributed by atoms with van der Waals surface area (Å²) in [5.74, 6) is 0.574. The maximum Gasteiger partial charge on any atom is 0.143 e. The van der Waals surface area contributed by atoms with Crippen LogP contribution in [0.15, 0.2) is 24.3 Å². The maximum atomic E-state index is 13.1. The molecule has 0 bridgehead atoms. The monoisotopic (exact) mass is 286 g/mol. The molecule has 2 N–H and O–H groups in total. The van der Waals surface area contributed by atoms with Gasteiger partial charge in [-0.1, -0.05) is 6.92 Å². The van der Waals surface area contributed by atoms with Gasteiger partial charge in [0.1, 0.15) is 11.6 Å². The highest BCUT2D eigenvalue weighted by Crippen LogP contribution is 2.26. The summed E-state index contributed by atoms with van der Waals surface area (Å²) in [7, 11) is 0. The van der Waals surface area contributed by atoms with Gasteiger partial charge in [-0.05, 0) is 30.8 Å². The highest BCUT2D eigenvalue weighted by atomic mass is 19.1. The van der Waals surface area contributed by atoms with Gasteiger partial charge in [-0.3, -0.25) is 0 Å². The zero-order chi connectivity index (χ0) is 14.7. The third kappa shape index (κ3) is 3.09. The molecule has 0 amide bonds. The van der Waals surface area contributed by atoms with E-state index < -0.39 is 0 Å². The Balaban J connectivity index is 2.05. The largest absolute Gasteiger partial charge is 0.312 e. The molecule has 110 valence electrons. The molecule has 4 nitrogen and oxygen atoms in total. The van der Waals surface area contributed by atoms with Crippen LogP contribution in [-0.2, 0) is 19.5 Å². The maximum absolute atomic E-state index is 13.1. The van der Waals surface area contributed by atoms with Crippen LogP contribution in [0.1, 0.15) is 24.0 Å². The lowest BCUT2D eigenvalue weighted by Crippen LogP contribution is -2.27. The highest BCUT2D eigenvalue weighted by Gasteiger charge is 2.18. The zero-order valence-corrected chi connectivity index (χ0v) is 12.1. The minimum Gasteiger partial charge on any atom is -0.312 e. The second-order valence-corrected chi connectivity index (χ2v) is 5.13. The molecule has 21 heavy (non-hydrogen) atoms. The van der Waals surface area contributed by atoms with Gasteiger partial charge in [-0.15, -0.1) is 0 Å². The molecule has 0 fully saturated rings. The van der Waals surface area contributed by atoms with E-state index >= 15 is 0 Å². The Morgan fingerprint density at radius 2 is 2.05 bits per heavy atom. The molecule has 1 aliphatic heterocycles. The van der Waals surface area contributed by atoms with E-state index in [-0.39, 0.29) is 5.82 Å². The fraction of sp³-hybridized carbons (Fsp3) is 0.375. The molecule has 0 radical (unpaired) electrons. The molecule has 5 heteroatoms. The second kappa shape index (κ2) is 6.28. The standard InChI is InChI=1S/C16H19FN4/c1-2-18-10-15-20-14-7-8-19-9-13(14)16(21-15)11-3-5-12(17)6-4-11/h3-6,18-19H,2,7-10H2,1H3. The molecule has 0 atom stereocenters. The molecular weight excluding hydrogens is 267 g/mol. The van der Waals surface area contributed by atoms with Gasteiger partial charge in [0.05, 0.1) is 17.9 Å². The molecule has 0 spiro atoms. The zero-order valence-electron chi connectivity index (χ0n) is 12.1. The average Bonchev–Trinajstić information content (AvgIpc) is 2.53. The summed E-state index contributed by atoms with van der Waals surface area (Å²) >= 11 is 0. The minimum absolute atomic E-state index is 0.229. The number of halogens is 1. The Morgan fingerprint density at radius 3 is 2.81 bits per heavy atom. The lowest BCUT2D eigenvalue weighted by atomic mass is 10.00. The van der Waals surface area contributed by atoms with Crippen LogP contribution in [0.5, 0.6) is 0 Å². The van der Waals surface area contributed by atoms with Crippen LogP contribution >= 0.6 is 0 Å². The molecule has 2 heterocycles. The predicted molar refractivity (Wildman–Crippen MR) is 80.2 cm³/mol. The van der Waals surface area contributed by atoms with Crippen LogP contribution in [0, 0.1) is 5.82 Å². The third-order valence-corrected chi connectivity index (χ3v) is 3.63. The molecule has 1 aromatic carbocycles. The number of rotatable bonds is 4. The van der Waals surface area contributed by atoms with Crippen molar-refractivity contribution >= 4 is 0 Å². The fourth-order valence-corrected chi connectivity index (χ4v) is 2.56. The van der Waals surface area contributed by atoms with Crippen molar-refractivity contribution in [1.82, 2.24) is 20.6 Å². The van der Waals surface area contributed by atoms with E-state index in [1.54, 1.807) is 12.1 Å². The minimum atomic E-state index is -0.229. The van der Waals surface area contributed by atoms with Crippen LogP contribution in [0.4, 0.5) is 4.39 Å². The van der Waals surface area contributed by atoms with Crippen LogP contribution < -0.4 is 10.6 Å². The van der Waals surface area contributed by atoms with Gasteiger partial charge >= 0.3 is 0 Å². The van der Waals surface area contributed by atoms with Crippen molar-refractivity contribution < 1.29 is 4.39 Å². The summed E-state index contributed by atoms with van der Waals surface area (Å²) < 4.78 is 13.1. The van der Waals surface area contributed by atoms with Crippen molar-refractivity contribution in [2.24, 2.45) is 0 Å². The van der Waals surface area contributed by atoms with Gasteiger partial charge in [0, 0.05) is 30.6 Å². The third-order valence-electron chi connectivity index (χ3n) is 3.63. The van der Waals surface area contributed by atoms with Crippen molar-refractivity contribution in [3.05, 3.63) is 47.2 Å². The SMILES string of the molecule is CCNCc1nc2c(c(-c3ccc(F)cc3)n1)CNCC2.